The molecular formula is C29H30N4O. The minimum absolute atomic E-state index is 0.123. The minimum Gasteiger partial charge on any atom is -0.385 e. The lowest BCUT2D eigenvalue weighted by Gasteiger charge is -2.15. The number of carbonyl (C=O) groups is 1. The van der Waals surface area contributed by atoms with E-state index in [0.29, 0.717) is 5.56 Å². The second kappa shape index (κ2) is 10.7. The average molecular weight is 451 g/mol. The van der Waals surface area contributed by atoms with Gasteiger partial charge in [-0.1, -0.05) is 35.9 Å². The molecule has 34 heavy (non-hydrogen) atoms. The highest BCUT2D eigenvalue weighted by Gasteiger charge is 2.14. The lowest BCUT2D eigenvalue weighted by Crippen LogP contribution is -2.13. The fourth-order valence-corrected chi connectivity index (χ4v) is 3.78. The van der Waals surface area contributed by atoms with Crippen molar-refractivity contribution < 1.29 is 4.79 Å². The van der Waals surface area contributed by atoms with E-state index in [-0.39, 0.29) is 5.91 Å². The third-order valence-electron chi connectivity index (χ3n) is 5.69. The number of nitrogens with one attached hydrogen (secondary N) is 2. The molecule has 0 aliphatic carbocycles. The predicted molar refractivity (Wildman–Crippen MR) is 142 cm³/mol. The Balaban J connectivity index is 1.43. The van der Waals surface area contributed by atoms with Crippen LogP contribution in [0.25, 0.3) is 11.1 Å². The number of benzene rings is 3. The molecule has 1 aromatic heterocycles. The molecule has 0 atom stereocenters. The number of carbonyl (C=O) groups excluding carboxylic acids is 1. The molecule has 0 fully saturated rings. The maximum Gasteiger partial charge on any atom is 0.256 e. The maximum absolute atomic E-state index is 13.2. The summed E-state index contributed by atoms with van der Waals surface area (Å²) in [5.74, 6) is -0.123. The topological polar surface area (TPSA) is 57.3 Å². The van der Waals surface area contributed by atoms with Crippen LogP contribution in [0, 0.1) is 6.92 Å². The van der Waals surface area contributed by atoms with Crippen LogP contribution in [0.1, 0.15) is 21.6 Å². The summed E-state index contributed by atoms with van der Waals surface area (Å²) in [4.78, 5) is 19.6. The van der Waals surface area contributed by atoms with Gasteiger partial charge >= 0.3 is 0 Å². The lowest BCUT2D eigenvalue weighted by atomic mass is 9.96. The molecule has 0 aliphatic heterocycles. The maximum atomic E-state index is 13.2. The summed E-state index contributed by atoms with van der Waals surface area (Å²) in [6, 6.07) is 27.9. The summed E-state index contributed by atoms with van der Waals surface area (Å²) in [6.07, 6.45) is 2.66. The summed E-state index contributed by atoms with van der Waals surface area (Å²) in [5, 5.41) is 6.44. The van der Waals surface area contributed by atoms with Crippen LogP contribution >= 0.6 is 0 Å². The van der Waals surface area contributed by atoms with Crippen LogP contribution in [-0.4, -0.2) is 31.5 Å². The van der Waals surface area contributed by atoms with E-state index in [1.807, 2.05) is 81.8 Å². The summed E-state index contributed by atoms with van der Waals surface area (Å²) in [7, 11) is 4.03. The number of rotatable bonds is 8. The molecule has 0 aliphatic rings. The van der Waals surface area contributed by atoms with E-state index in [2.05, 4.69) is 50.8 Å². The Morgan fingerprint density at radius 2 is 1.62 bits per heavy atom. The van der Waals surface area contributed by atoms with Crippen LogP contribution in [0.5, 0.6) is 0 Å². The van der Waals surface area contributed by atoms with Crippen LogP contribution in [0.3, 0.4) is 0 Å². The Labute approximate surface area is 201 Å². The van der Waals surface area contributed by atoms with Crippen molar-refractivity contribution in [1.82, 2.24) is 4.98 Å². The molecule has 3 aromatic carbocycles. The van der Waals surface area contributed by atoms with Gasteiger partial charge in [0.25, 0.3) is 5.91 Å². The third kappa shape index (κ3) is 5.81. The second-order valence-electron chi connectivity index (χ2n) is 8.52. The van der Waals surface area contributed by atoms with Gasteiger partial charge in [0.15, 0.2) is 0 Å². The number of anilines is 3. The Bertz CT molecular complexity index is 1230. The van der Waals surface area contributed by atoms with E-state index < -0.39 is 0 Å². The summed E-state index contributed by atoms with van der Waals surface area (Å²) in [5.41, 5.74) is 7.66. The van der Waals surface area contributed by atoms with Gasteiger partial charge in [0.2, 0.25) is 0 Å². The molecule has 0 spiro atoms. The zero-order chi connectivity index (χ0) is 23.9. The first-order valence-electron chi connectivity index (χ1n) is 11.4. The first-order chi connectivity index (χ1) is 16.5. The monoisotopic (exact) mass is 450 g/mol. The molecule has 0 unspecified atom stereocenters. The molecule has 1 amide bonds. The average Bonchev–Trinajstić information content (AvgIpc) is 2.85. The van der Waals surface area contributed by atoms with Gasteiger partial charge in [-0.05, 0) is 72.6 Å². The molecule has 5 heteroatoms. The number of amides is 1. The van der Waals surface area contributed by atoms with Gasteiger partial charge in [0.05, 0.1) is 0 Å². The van der Waals surface area contributed by atoms with E-state index in [1.165, 1.54) is 0 Å². The van der Waals surface area contributed by atoms with Crippen molar-refractivity contribution >= 4 is 23.0 Å². The van der Waals surface area contributed by atoms with Crippen molar-refractivity contribution in [3.8, 4) is 11.1 Å². The Morgan fingerprint density at radius 1 is 0.882 bits per heavy atom. The number of hydrogen-bond donors (Lipinski definition) is 2. The van der Waals surface area contributed by atoms with Crippen LogP contribution in [0.2, 0.25) is 0 Å². The van der Waals surface area contributed by atoms with Crippen molar-refractivity contribution in [1.29, 1.82) is 0 Å². The van der Waals surface area contributed by atoms with E-state index in [4.69, 9.17) is 0 Å². The smallest absolute Gasteiger partial charge is 0.256 e. The number of pyridine rings is 1. The van der Waals surface area contributed by atoms with E-state index >= 15 is 0 Å². The minimum atomic E-state index is -0.123. The highest BCUT2D eigenvalue weighted by Crippen LogP contribution is 2.28. The van der Waals surface area contributed by atoms with Gasteiger partial charge < -0.3 is 15.5 Å². The largest absolute Gasteiger partial charge is 0.385 e. The van der Waals surface area contributed by atoms with E-state index in [1.54, 1.807) is 0 Å². The number of nitrogens with zero attached hydrogens (tertiary/aromatic N) is 2. The molecule has 4 aromatic rings. The van der Waals surface area contributed by atoms with Gasteiger partial charge in [-0.15, -0.1) is 0 Å². The molecule has 1 heterocycles. The Hall–Kier alpha value is -4.12. The van der Waals surface area contributed by atoms with Gasteiger partial charge in [-0.25, -0.2) is 0 Å². The third-order valence-corrected chi connectivity index (χ3v) is 5.69. The molecule has 0 saturated heterocycles. The zero-order valence-electron chi connectivity index (χ0n) is 19.9. The number of aryl methyl sites for hydroxylation is 1. The van der Waals surface area contributed by atoms with Crippen molar-refractivity contribution in [3.05, 3.63) is 108 Å². The first kappa shape index (κ1) is 23.1. The summed E-state index contributed by atoms with van der Waals surface area (Å²) < 4.78 is 0. The standard InChI is InChI=1S/C29H30N4O/c1-21-7-16-27(28(20-21)22-8-14-26(15-9-22)33(2)3)29(34)32-25-12-10-24(11-13-25)31-19-17-23-6-4-5-18-30-23/h4-16,18,20,31H,17,19H2,1-3H3,(H,32,34). The molecule has 4 rings (SSSR count). The van der Waals surface area contributed by atoms with Gasteiger partial charge in [0.1, 0.15) is 0 Å². The van der Waals surface area contributed by atoms with Gasteiger partial charge in [-0.2, -0.15) is 0 Å². The Kier molecular flexibility index (Phi) is 7.23. The SMILES string of the molecule is Cc1ccc(C(=O)Nc2ccc(NCCc3ccccn3)cc2)c(-c2ccc(N(C)C)cc2)c1. The van der Waals surface area contributed by atoms with Crippen molar-refractivity contribution in [2.45, 2.75) is 13.3 Å². The van der Waals surface area contributed by atoms with Crippen LogP contribution in [0.4, 0.5) is 17.1 Å². The predicted octanol–water partition coefficient (Wildman–Crippen LogP) is 6.03. The Morgan fingerprint density at radius 3 is 2.29 bits per heavy atom. The van der Waals surface area contributed by atoms with Crippen molar-refractivity contribution in [2.75, 3.05) is 36.2 Å². The quantitative estimate of drug-likeness (QED) is 0.344. The number of hydrogen-bond acceptors (Lipinski definition) is 4. The van der Waals surface area contributed by atoms with E-state index in [9.17, 15) is 4.79 Å². The highest BCUT2D eigenvalue weighted by molar-refractivity contribution is 6.08. The zero-order valence-corrected chi connectivity index (χ0v) is 19.9. The first-order valence-corrected chi connectivity index (χ1v) is 11.4. The molecule has 0 radical (unpaired) electrons. The molecule has 2 N–H and O–H groups in total. The van der Waals surface area contributed by atoms with Gasteiger partial charge in [0, 0.05) is 61.6 Å². The van der Waals surface area contributed by atoms with Crippen molar-refractivity contribution in [3.63, 3.8) is 0 Å². The van der Waals surface area contributed by atoms with Crippen LogP contribution < -0.4 is 15.5 Å². The number of aromatic nitrogens is 1. The molecule has 0 saturated carbocycles. The van der Waals surface area contributed by atoms with Crippen LogP contribution in [-0.2, 0) is 6.42 Å². The van der Waals surface area contributed by atoms with Crippen molar-refractivity contribution in [2.24, 2.45) is 0 Å². The van der Waals surface area contributed by atoms with E-state index in [0.717, 1.165) is 52.4 Å². The second-order valence-corrected chi connectivity index (χ2v) is 8.52. The summed E-state index contributed by atoms with van der Waals surface area (Å²) in [6.45, 7) is 2.83. The fraction of sp³-hybridized carbons (Fsp3) is 0.172. The normalized spacial score (nSPS) is 10.6. The van der Waals surface area contributed by atoms with Gasteiger partial charge in [-0.3, -0.25) is 9.78 Å². The van der Waals surface area contributed by atoms with Crippen LogP contribution in [0.15, 0.2) is 91.1 Å². The fourth-order valence-electron chi connectivity index (χ4n) is 3.78. The molecule has 172 valence electrons. The molecular weight excluding hydrogens is 420 g/mol. The highest BCUT2D eigenvalue weighted by atomic mass is 16.1. The molecule has 0 bridgehead atoms. The molecule has 5 nitrogen and oxygen atoms in total. The lowest BCUT2D eigenvalue weighted by molar-refractivity contribution is 0.102. The summed E-state index contributed by atoms with van der Waals surface area (Å²) >= 11 is 0.